The number of hydrogen-bond donors (Lipinski definition) is 0. The molecule has 1 aromatic heterocycles. The van der Waals surface area contributed by atoms with E-state index in [2.05, 4.69) is 22.9 Å². The lowest BCUT2D eigenvalue weighted by atomic mass is 10.1. The maximum atomic E-state index is 9.12. The number of aromatic nitrogens is 1. The highest BCUT2D eigenvalue weighted by atomic mass is 15.1. The van der Waals surface area contributed by atoms with E-state index >= 15 is 0 Å². The van der Waals surface area contributed by atoms with Crippen LogP contribution >= 0.6 is 0 Å². The van der Waals surface area contributed by atoms with E-state index in [0.717, 1.165) is 30.8 Å². The molecule has 0 aliphatic rings. The van der Waals surface area contributed by atoms with Gasteiger partial charge in [-0.25, -0.2) is 0 Å². The Balaban J connectivity index is 2.09. The van der Waals surface area contributed by atoms with Crippen molar-refractivity contribution in [3.8, 4) is 6.07 Å². The van der Waals surface area contributed by atoms with Crippen LogP contribution in [0.15, 0.2) is 48.8 Å². The molecule has 2 rings (SSSR count). The Bertz CT molecular complexity index is 558. The monoisotopic (exact) mass is 251 g/mol. The molecular formula is C16H17N3. The van der Waals surface area contributed by atoms with Crippen LogP contribution in [0.2, 0.25) is 0 Å². The Morgan fingerprint density at radius 1 is 1.11 bits per heavy atom. The second kappa shape index (κ2) is 6.67. The number of pyridine rings is 1. The van der Waals surface area contributed by atoms with Crippen LogP contribution in [0.3, 0.4) is 0 Å². The Kier molecular flexibility index (Phi) is 4.66. The van der Waals surface area contributed by atoms with Gasteiger partial charge in [0.25, 0.3) is 0 Å². The van der Waals surface area contributed by atoms with E-state index in [0.29, 0.717) is 0 Å². The van der Waals surface area contributed by atoms with Gasteiger partial charge in [0.05, 0.1) is 11.6 Å². The summed E-state index contributed by atoms with van der Waals surface area (Å²) in [6, 6.07) is 14.1. The van der Waals surface area contributed by atoms with Crippen LogP contribution in [0.5, 0.6) is 0 Å². The summed E-state index contributed by atoms with van der Waals surface area (Å²) in [5, 5.41) is 9.12. The average Bonchev–Trinajstić information content (AvgIpc) is 2.48. The molecule has 0 saturated heterocycles. The van der Waals surface area contributed by atoms with Gasteiger partial charge in [0.2, 0.25) is 0 Å². The van der Waals surface area contributed by atoms with Crippen molar-refractivity contribution in [2.45, 2.75) is 20.0 Å². The van der Waals surface area contributed by atoms with Crippen molar-refractivity contribution in [2.75, 3.05) is 6.54 Å². The zero-order chi connectivity index (χ0) is 13.5. The van der Waals surface area contributed by atoms with E-state index in [9.17, 15) is 0 Å². The summed E-state index contributed by atoms with van der Waals surface area (Å²) in [6.45, 7) is 4.75. The normalized spacial score (nSPS) is 10.4. The summed E-state index contributed by atoms with van der Waals surface area (Å²) in [5.41, 5.74) is 3.09. The molecule has 0 atom stereocenters. The first-order valence-corrected chi connectivity index (χ1v) is 6.42. The van der Waals surface area contributed by atoms with Crippen LogP contribution < -0.4 is 0 Å². The van der Waals surface area contributed by atoms with Crippen LogP contribution in [-0.4, -0.2) is 16.4 Å². The van der Waals surface area contributed by atoms with Gasteiger partial charge in [0, 0.05) is 25.5 Å². The van der Waals surface area contributed by atoms with Gasteiger partial charge in [0.15, 0.2) is 0 Å². The first kappa shape index (κ1) is 13.3. The maximum Gasteiger partial charge on any atom is 0.0995 e. The smallest absolute Gasteiger partial charge is 0.0995 e. The topological polar surface area (TPSA) is 39.9 Å². The van der Waals surface area contributed by atoms with Crippen LogP contribution in [0.25, 0.3) is 0 Å². The van der Waals surface area contributed by atoms with Gasteiger partial charge in [0.1, 0.15) is 0 Å². The molecule has 0 saturated carbocycles. The zero-order valence-electron chi connectivity index (χ0n) is 11.1. The Morgan fingerprint density at radius 2 is 1.84 bits per heavy atom. The maximum absolute atomic E-state index is 9.12. The van der Waals surface area contributed by atoms with Gasteiger partial charge in [-0.05, 0) is 35.9 Å². The van der Waals surface area contributed by atoms with Gasteiger partial charge in [-0.15, -0.1) is 0 Å². The number of nitriles is 1. The number of rotatable bonds is 5. The molecule has 3 nitrogen and oxygen atoms in total. The number of benzene rings is 1. The van der Waals surface area contributed by atoms with E-state index in [1.807, 2.05) is 48.8 Å². The zero-order valence-corrected chi connectivity index (χ0v) is 11.1. The van der Waals surface area contributed by atoms with Crippen molar-refractivity contribution < 1.29 is 0 Å². The van der Waals surface area contributed by atoms with Crippen molar-refractivity contribution in [1.82, 2.24) is 9.88 Å². The average molecular weight is 251 g/mol. The molecule has 0 aliphatic heterocycles. The standard InChI is InChI=1S/C16H17N3/c1-2-19(12-14-7-9-18-10-8-14)13-16-6-4-3-5-15(16)11-17/h3-10H,2,12-13H2,1H3. The van der Waals surface area contributed by atoms with Gasteiger partial charge in [-0.3, -0.25) is 9.88 Å². The predicted molar refractivity (Wildman–Crippen MR) is 75.2 cm³/mol. The van der Waals surface area contributed by atoms with Crippen LogP contribution in [0.1, 0.15) is 23.6 Å². The minimum Gasteiger partial charge on any atom is -0.295 e. The van der Waals surface area contributed by atoms with Crippen molar-refractivity contribution in [3.05, 3.63) is 65.5 Å². The van der Waals surface area contributed by atoms with Gasteiger partial charge < -0.3 is 0 Å². The molecule has 0 N–H and O–H groups in total. The first-order chi connectivity index (χ1) is 9.33. The highest BCUT2D eigenvalue weighted by molar-refractivity contribution is 5.37. The third-order valence-corrected chi connectivity index (χ3v) is 3.13. The summed E-state index contributed by atoms with van der Waals surface area (Å²) in [5.74, 6) is 0. The minimum atomic E-state index is 0.760. The molecule has 0 amide bonds. The molecular weight excluding hydrogens is 234 g/mol. The molecule has 3 heteroatoms. The molecule has 19 heavy (non-hydrogen) atoms. The van der Waals surface area contributed by atoms with E-state index < -0.39 is 0 Å². The fraction of sp³-hybridized carbons (Fsp3) is 0.250. The van der Waals surface area contributed by atoms with Crippen molar-refractivity contribution in [3.63, 3.8) is 0 Å². The Labute approximate surface area is 114 Å². The molecule has 0 bridgehead atoms. The highest BCUT2D eigenvalue weighted by Crippen LogP contribution is 2.13. The van der Waals surface area contributed by atoms with E-state index in [1.54, 1.807) is 0 Å². The molecule has 0 unspecified atom stereocenters. The van der Waals surface area contributed by atoms with E-state index in [4.69, 9.17) is 5.26 Å². The number of nitrogens with zero attached hydrogens (tertiary/aromatic N) is 3. The molecule has 0 spiro atoms. The van der Waals surface area contributed by atoms with Crippen LogP contribution in [-0.2, 0) is 13.1 Å². The third-order valence-electron chi connectivity index (χ3n) is 3.13. The molecule has 0 radical (unpaired) electrons. The molecule has 96 valence electrons. The Hall–Kier alpha value is -2.18. The van der Waals surface area contributed by atoms with Crippen LogP contribution in [0, 0.1) is 11.3 Å². The van der Waals surface area contributed by atoms with E-state index in [-0.39, 0.29) is 0 Å². The molecule has 0 aliphatic carbocycles. The quantitative estimate of drug-likeness (QED) is 0.820. The number of hydrogen-bond acceptors (Lipinski definition) is 3. The summed E-state index contributed by atoms with van der Waals surface area (Å²) >= 11 is 0. The lowest BCUT2D eigenvalue weighted by molar-refractivity contribution is 0.271. The van der Waals surface area contributed by atoms with E-state index in [1.165, 1.54) is 5.56 Å². The van der Waals surface area contributed by atoms with Crippen LogP contribution in [0.4, 0.5) is 0 Å². The lowest BCUT2D eigenvalue weighted by Gasteiger charge is -2.21. The van der Waals surface area contributed by atoms with Crippen molar-refractivity contribution in [2.24, 2.45) is 0 Å². The summed E-state index contributed by atoms with van der Waals surface area (Å²) in [6.07, 6.45) is 3.62. The second-order valence-corrected chi connectivity index (χ2v) is 4.43. The summed E-state index contributed by atoms with van der Waals surface area (Å²) < 4.78 is 0. The fourth-order valence-electron chi connectivity index (χ4n) is 2.03. The SMILES string of the molecule is CCN(Cc1ccncc1)Cc1ccccc1C#N. The summed E-state index contributed by atoms with van der Waals surface area (Å²) in [4.78, 5) is 6.34. The largest absolute Gasteiger partial charge is 0.295 e. The Morgan fingerprint density at radius 3 is 2.53 bits per heavy atom. The molecule has 0 fully saturated rings. The predicted octanol–water partition coefficient (Wildman–Crippen LogP) is 2.98. The minimum absolute atomic E-state index is 0.760. The third kappa shape index (κ3) is 3.64. The molecule has 2 aromatic rings. The van der Waals surface area contributed by atoms with Gasteiger partial charge >= 0.3 is 0 Å². The molecule has 1 heterocycles. The highest BCUT2D eigenvalue weighted by Gasteiger charge is 2.07. The first-order valence-electron chi connectivity index (χ1n) is 6.42. The fourth-order valence-corrected chi connectivity index (χ4v) is 2.03. The van der Waals surface area contributed by atoms with Crippen molar-refractivity contribution in [1.29, 1.82) is 5.26 Å². The molecule has 1 aromatic carbocycles. The van der Waals surface area contributed by atoms with Gasteiger partial charge in [-0.2, -0.15) is 5.26 Å². The van der Waals surface area contributed by atoms with Crippen molar-refractivity contribution >= 4 is 0 Å². The lowest BCUT2D eigenvalue weighted by Crippen LogP contribution is -2.22. The second-order valence-electron chi connectivity index (χ2n) is 4.43. The van der Waals surface area contributed by atoms with Gasteiger partial charge in [-0.1, -0.05) is 25.1 Å². The summed E-state index contributed by atoms with van der Waals surface area (Å²) in [7, 11) is 0.